The lowest BCUT2D eigenvalue weighted by Crippen LogP contribution is -2.12. The van der Waals surface area contributed by atoms with Gasteiger partial charge in [0.05, 0.1) is 27.2 Å². The van der Waals surface area contributed by atoms with Crippen molar-refractivity contribution in [2.45, 2.75) is 0 Å². The number of nitriles is 1. The van der Waals surface area contributed by atoms with Crippen molar-refractivity contribution in [3.63, 3.8) is 0 Å². The summed E-state index contributed by atoms with van der Waals surface area (Å²) in [6, 6.07) is 8.64. The van der Waals surface area contributed by atoms with Crippen LogP contribution in [-0.4, -0.2) is 15.5 Å². The van der Waals surface area contributed by atoms with E-state index >= 15 is 0 Å². The van der Waals surface area contributed by atoms with Crippen LogP contribution in [0.1, 0.15) is 15.9 Å². The Morgan fingerprint density at radius 2 is 2.00 bits per heavy atom. The fraction of sp³-hybridized carbons (Fsp3) is 0. The Morgan fingerprint density at radius 3 is 2.70 bits per heavy atom. The fourth-order valence-electron chi connectivity index (χ4n) is 2.31. The maximum absolute atomic E-state index is 12.8. The first kappa shape index (κ1) is 15.3. The lowest BCUT2D eigenvalue weighted by Gasteiger charge is -2.09. The minimum atomic E-state index is -0.322. The van der Waals surface area contributed by atoms with Gasteiger partial charge in [0.2, 0.25) is 0 Å². The number of fused-ring (bicyclic) bond motifs is 1. The number of hydrogen-bond donors (Lipinski definition) is 0. The molecule has 0 fully saturated rings. The Labute approximate surface area is 142 Å². The summed E-state index contributed by atoms with van der Waals surface area (Å²) in [6.45, 7) is 0. The van der Waals surface area contributed by atoms with Crippen LogP contribution in [0, 0.1) is 11.3 Å². The first-order valence-electron chi connectivity index (χ1n) is 6.63. The molecule has 2 heterocycles. The second-order valence-corrected chi connectivity index (χ2v) is 5.56. The van der Waals surface area contributed by atoms with Gasteiger partial charge in [-0.1, -0.05) is 23.2 Å². The largest absolute Gasteiger partial charge is 0.283 e. The van der Waals surface area contributed by atoms with Crippen LogP contribution in [0.4, 0.5) is 0 Å². The molecule has 0 radical (unpaired) electrons. The Morgan fingerprint density at radius 1 is 1.26 bits per heavy atom. The summed E-state index contributed by atoms with van der Waals surface area (Å²) in [4.78, 5) is 16.8. The molecule has 0 saturated heterocycles. The van der Waals surface area contributed by atoms with Gasteiger partial charge in [-0.3, -0.25) is 14.3 Å². The van der Waals surface area contributed by atoms with E-state index in [9.17, 15) is 4.79 Å². The van der Waals surface area contributed by atoms with E-state index in [1.165, 1.54) is 10.6 Å². The molecule has 112 valence electrons. The molecule has 0 spiro atoms. The van der Waals surface area contributed by atoms with Crippen LogP contribution in [0.25, 0.3) is 17.0 Å². The first-order chi connectivity index (χ1) is 11.1. The molecule has 0 aliphatic heterocycles. The molecule has 0 atom stereocenters. The first-order valence-corrected chi connectivity index (χ1v) is 7.38. The van der Waals surface area contributed by atoms with Crippen LogP contribution in [0.15, 0.2) is 48.9 Å². The van der Waals surface area contributed by atoms with Crippen molar-refractivity contribution in [2.24, 2.45) is 0 Å². The molecular formula is C17H9Cl2N3O. The number of benzene rings is 1. The van der Waals surface area contributed by atoms with Gasteiger partial charge in [-0.25, -0.2) is 0 Å². The predicted octanol–water partition coefficient (Wildman–Crippen LogP) is 4.57. The molecule has 0 unspecified atom stereocenters. The number of rotatable bonds is 2. The number of carbonyl (C=O) groups excluding carboxylic acids is 1. The number of pyridine rings is 1. The van der Waals surface area contributed by atoms with E-state index in [0.29, 0.717) is 5.56 Å². The molecule has 3 rings (SSSR count). The zero-order valence-electron chi connectivity index (χ0n) is 11.7. The summed E-state index contributed by atoms with van der Waals surface area (Å²) in [7, 11) is 0. The van der Waals surface area contributed by atoms with Gasteiger partial charge in [0, 0.05) is 30.1 Å². The molecule has 0 bridgehead atoms. The van der Waals surface area contributed by atoms with E-state index in [1.54, 1.807) is 48.9 Å². The standard InChI is InChI=1S/C17H9Cl2N3O/c18-13-8-11(2-1-5-20)9-14(19)16(13)17(23)22-7-4-12-10-21-6-3-15(12)22/h1-4,6-10H/b2-1+. The van der Waals surface area contributed by atoms with E-state index < -0.39 is 0 Å². The molecular weight excluding hydrogens is 333 g/mol. The Kier molecular flexibility index (Phi) is 4.16. The van der Waals surface area contributed by atoms with E-state index in [-0.39, 0.29) is 21.5 Å². The number of allylic oxidation sites excluding steroid dienone is 1. The lowest BCUT2D eigenvalue weighted by molar-refractivity contribution is 0.0965. The van der Waals surface area contributed by atoms with Crippen LogP contribution < -0.4 is 0 Å². The zero-order valence-corrected chi connectivity index (χ0v) is 13.2. The van der Waals surface area contributed by atoms with Crippen molar-refractivity contribution >= 4 is 46.1 Å². The van der Waals surface area contributed by atoms with Crippen molar-refractivity contribution in [2.75, 3.05) is 0 Å². The number of nitrogens with zero attached hydrogens (tertiary/aromatic N) is 3. The zero-order chi connectivity index (χ0) is 16.4. The lowest BCUT2D eigenvalue weighted by atomic mass is 10.1. The van der Waals surface area contributed by atoms with Gasteiger partial charge in [0.15, 0.2) is 0 Å². The van der Waals surface area contributed by atoms with E-state index in [1.807, 2.05) is 6.07 Å². The number of hydrogen-bond acceptors (Lipinski definition) is 3. The van der Waals surface area contributed by atoms with Gasteiger partial charge in [-0.05, 0) is 35.9 Å². The van der Waals surface area contributed by atoms with E-state index in [0.717, 1.165) is 10.9 Å². The van der Waals surface area contributed by atoms with Crippen LogP contribution >= 0.6 is 23.2 Å². The predicted molar refractivity (Wildman–Crippen MR) is 90.6 cm³/mol. The average molecular weight is 342 g/mol. The molecule has 2 aromatic heterocycles. The molecule has 23 heavy (non-hydrogen) atoms. The molecule has 0 N–H and O–H groups in total. The highest BCUT2D eigenvalue weighted by atomic mass is 35.5. The van der Waals surface area contributed by atoms with E-state index in [2.05, 4.69) is 4.98 Å². The van der Waals surface area contributed by atoms with Crippen molar-refractivity contribution in [1.82, 2.24) is 9.55 Å². The molecule has 0 saturated carbocycles. The third kappa shape index (κ3) is 2.85. The maximum atomic E-state index is 12.8. The molecule has 0 aliphatic carbocycles. The average Bonchev–Trinajstić information content (AvgIpc) is 2.96. The highest BCUT2D eigenvalue weighted by Crippen LogP contribution is 2.29. The van der Waals surface area contributed by atoms with Crippen LogP contribution in [0.2, 0.25) is 10.0 Å². The smallest absolute Gasteiger partial charge is 0.265 e. The van der Waals surface area contributed by atoms with Crippen LogP contribution in [0.3, 0.4) is 0 Å². The van der Waals surface area contributed by atoms with Crippen molar-refractivity contribution in [3.8, 4) is 6.07 Å². The maximum Gasteiger partial charge on any atom is 0.265 e. The third-order valence-electron chi connectivity index (χ3n) is 3.34. The summed E-state index contributed by atoms with van der Waals surface area (Å²) in [6.07, 6.45) is 7.84. The highest BCUT2D eigenvalue weighted by Gasteiger charge is 2.19. The summed E-state index contributed by atoms with van der Waals surface area (Å²) < 4.78 is 1.48. The third-order valence-corrected chi connectivity index (χ3v) is 3.93. The SMILES string of the molecule is N#C/C=C/c1cc(Cl)c(C(=O)n2ccc3cnccc32)c(Cl)c1. The van der Waals surface area contributed by atoms with E-state index in [4.69, 9.17) is 28.5 Å². The summed E-state index contributed by atoms with van der Waals surface area (Å²) in [5.41, 5.74) is 1.60. The van der Waals surface area contributed by atoms with Crippen molar-refractivity contribution in [3.05, 3.63) is 70.1 Å². The van der Waals surface area contributed by atoms with Gasteiger partial charge < -0.3 is 0 Å². The minimum absolute atomic E-state index is 0.219. The quantitative estimate of drug-likeness (QED) is 0.641. The van der Waals surface area contributed by atoms with Gasteiger partial charge in [-0.2, -0.15) is 5.26 Å². The second kappa shape index (κ2) is 6.25. The molecule has 3 aromatic rings. The molecule has 4 nitrogen and oxygen atoms in total. The topological polar surface area (TPSA) is 58.7 Å². The Bertz CT molecular complexity index is 960. The molecule has 0 aliphatic rings. The summed E-state index contributed by atoms with van der Waals surface area (Å²) >= 11 is 12.5. The normalized spacial score (nSPS) is 11.0. The van der Waals surface area contributed by atoms with Gasteiger partial charge in [0.1, 0.15) is 0 Å². The van der Waals surface area contributed by atoms with Crippen molar-refractivity contribution in [1.29, 1.82) is 5.26 Å². The van der Waals surface area contributed by atoms with Gasteiger partial charge in [-0.15, -0.1) is 0 Å². The molecule has 6 heteroatoms. The summed E-state index contributed by atoms with van der Waals surface area (Å²) in [5, 5.41) is 9.88. The summed E-state index contributed by atoms with van der Waals surface area (Å²) in [5.74, 6) is -0.322. The molecule has 1 aromatic carbocycles. The highest BCUT2D eigenvalue weighted by molar-refractivity contribution is 6.40. The number of halogens is 2. The fourth-order valence-corrected chi connectivity index (χ4v) is 2.97. The Hall–Kier alpha value is -2.61. The number of carbonyl (C=O) groups is 1. The van der Waals surface area contributed by atoms with Crippen molar-refractivity contribution < 1.29 is 4.79 Å². The van der Waals surface area contributed by atoms with Crippen LogP contribution in [-0.2, 0) is 0 Å². The van der Waals surface area contributed by atoms with Gasteiger partial charge >= 0.3 is 0 Å². The minimum Gasteiger partial charge on any atom is -0.283 e. The second-order valence-electron chi connectivity index (χ2n) is 4.75. The number of aromatic nitrogens is 2. The monoisotopic (exact) mass is 341 g/mol. The molecule has 0 amide bonds. The van der Waals surface area contributed by atoms with Crippen LogP contribution in [0.5, 0.6) is 0 Å². The van der Waals surface area contributed by atoms with Gasteiger partial charge in [0.25, 0.3) is 5.91 Å². The Balaban J connectivity index is 2.10.